The van der Waals surface area contributed by atoms with Crippen molar-refractivity contribution in [3.63, 3.8) is 0 Å². The zero-order valence-corrected chi connectivity index (χ0v) is 7.83. The lowest BCUT2D eigenvalue weighted by molar-refractivity contribution is -0.146. The number of aliphatic carboxylic acids is 2. The van der Waals surface area contributed by atoms with Crippen molar-refractivity contribution in [2.45, 2.75) is 33.1 Å². The molecule has 1 rings (SSSR count). The number of carboxylic acid groups (broad SMARTS) is 2. The maximum absolute atomic E-state index is 10.9. The van der Waals surface area contributed by atoms with E-state index in [9.17, 15) is 9.59 Å². The molecule has 0 heterocycles. The molecule has 0 spiro atoms. The van der Waals surface area contributed by atoms with Gasteiger partial charge in [0.15, 0.2) is 0 Å². The summed E-state index contributed by atoms with van der Waals surface area (Å²) >= 11 is 0. The standard InChI is InChI=1S/C9H14O4/c1-8(2)5-9(8,7(12)13)4-3-6(10)11/h3-5H2,1-2H3,(H,10,11)(H,12,13). The fourth-order valence-electron chi connectivity index (χ4n) is 1.93. The van der Waals surface area contributed by atoms with Crippen LogP contribution >= 0.6 is 0 Å². The molecule has 0 aromatic rings. The molecule has 1 atom stereocenters. The highest BCUT2D eigenvalue weighted by molar-refractivity contribution is 5.80. The van der Waals surface area contributed by atoms with Gasteiger partial charge in [-0.25, -0.2) is 0 Å². The highest BCUT2D eigenvalue weighted by atomic mass is 16.4. The van der Waals surface area contributed by atoms with Crippen molar-refractivity contribution in [3.8, 4) is 0 Å². The highest BCUT2D eigenvalue weighted by Crippen LogP contribution is 2.66. The van der Waals surface area contributed by atoms with E-state index in [0.29, 0.717) is 6.42 Å². The number of hydrogen-bond acceptors (Lipinski definition) is 2. The smallest absolute Gasteiger partial charge is 0.310 e. The first-order chi connectivity index (χ1) is 5.82. The molecule has 4 nitrogen and oxygen atoms in total. The zero-order valence-electron chi connectivity index (χ0n) is 7.83. The molecular formula is C9H14O4. The summed E-state index contributed by atoms with van der Waals surface area (Å²) in [7, 11) is 0. The summed E-state index contributed by atoms with van der Waals surface area (Å²) in [6.45, 7) is 3.73. The molecule has 0 aromatic heterocycles. The molecule has 74 valence electrons. The Balaban J connectivity index is 2.63. The number of carboxylic acids is 2. The maximum atomic E-state index is 10.9. The Morgan fingerprint density at radius 3 is 2.00 bits per heavy atom. The predicted octanol–water partition coefficient (Wildman–Crippen LogP) is 1.35. The molecule has 1 saturated carbocycles. The van der Waals surface area contributed by atoms with Crippen LogP contribution in [0.3, 0.4) is 0 Å². The van der Waals surface area contributed by atoms with Crippen LogP contribution in [0.25, 0.3) is 0 Å². The summed E-state index contributed by atoms with van der Waals surface area (Å²) in [5, 5.41) is 17.4. The van der Waals surface area contributed by atoms with Crippen LogP contribution in [0, 0.1) is 10.8 Å². The quantitative estimate of drug-likeness (QED) is 0.695. The second-order valence-electron chi connectivity index (χ2n) is 4.34. The van der Waals surface area contributed by atoms with E-state index in [4.69, 9.17) is 10.2 Å². The van der Waals surface area contributed by atoms with Gasteiger partial charge in [-0.05, 0) is 18.3 Å². The molecule has 0 aromatic carbocycles. The Kier molecular flexibility index (Phi) is 2.10. The van der Waals surface area contributed by atoms with E-state index in [1.165, 1.54) is 0 Å². The number of carbonyl (C=O) groups is 2. The SMILES string of the molecule is CC1(C)CC1(CCC(=O)O)C(=O)O. The summed E-state index contributed by atoms with van der Waals surface area (Å²) in [5.41, 5.74) is -1.03. The molecule has 1 aliphatic carbocycles. The highest BCUT2D eigenvalue weighted by Gasteiger charge is 2.66. The fourth-order valence-corrected chi connectivity index (χ4v) is 1.93. The zero-order chi connectivity index (χ0) is 10.3. The Bertz CT molecular complexity index is 256. The van der Waals surface area contributed by atoms with Crippen LogP contribution in [0.1, 0.15) is 33.1 Å². The van der Waals surface area contributed by atoms with Crippen LogP contribution < -0.4 is 0 Å². The summed E-state index contributed by atoms with van der Waals surface area (Å²) in [5.74, 6) is -1.79. The Morgan fingerprint density at radius 1 is 1.31 bits per heavy atom. The first-order valence-electron chi connectivity index (χ1n) is 4.27. The van der Waals surface area contributed by atoms with Gasteiger partial charge in [-0.1, -0.05) is 13.8 Å². The van der Waals surface area contributed by atoms with Crippen molar-refractivity contribution in [3.05, 3.63) is 0 Å². The first-order valence-corrected chi connectivity index (χ1v) is 4.27. The molecule has 2 N–H and O–H groups in total. The van der Waals surface area contributed by atoms with Crippen molar-refractivity contribution in [2.24, 2.45) is 10.8 Å². The van der Waals surface area contributed by atoms with Gasteiger partial charge in [0.05, 0.1) is 5.41 Å². The maximum Gasteiger partial charge on any atom is 0.310 e. The number of hydrogen-bond donors (Lipinski definition) is 2. The van der Waals surface area contributed by atoms with Crippen molar-refractivity contribution >= 4 is 11.9 Å². The third-order valence-corrected chi connectivity index (χ3v) is 3.09. The van der Waals surface area contributed by atoms with E-state index in [-0.39, 0.29) is 18.3 Å². The molecule has 0 saturated heterocycles. The lowest BCUT2D eigenvalue weighted by Crippen LogP contribution is -2.21. The molecule has 0 amide bonds. The topological polar surface area (TPSA) is 74.6 Å². The van der Waals surface area contributed by atoms with E-state index >= 15 is 0 Å². The first kappa shape index (κ1) is 10.0. The lowest BCUT2D eigenvalue weighted by atomic mass is 9.91. The minimum Gasteiger partial charge on any atom is -0.481 e. The third-order valence-electron chi connectivity index (χ3n) is 3.09. The van der Waals surface area contributed by atoms with Crippen molar-refractivity contribution in [1.29, 1.82) is 0 Å². The second-order valence-corrected chi connectivity index (χ2v) is 4.34. The van der Waals surface area contributed by atoms with E-state index in [0.717, 1.165) is 0 Å². The molecule has 1 fully saturated rings. The van der Waals surface area contributed by atoms with Gasteiger partial charge < -0.3 is 10.2 Å². The summed E-state index contributed by atoms with van der Waals surface area (Å²) < 4.78 is 0. The molecule has 0 radical (unpaired) electrons. The minimum absolute atomic E-state index is 0.0598. The van der Waals surface area contributed by atoms with E-state index < -0.39 is 17.4 Å². The average molecular weight is 186 g/mol. The van der Waals surface area contributed by atoms with Gasteiger partial charge >= 0.3 is 11.9 Å². The van der Waals surface area contributed by atoms with Gasteiger partial charge in [-0.15, -0.1) is 0 Å². The molecule has 0 aliphatic heterocycles. The summed E-state index contributed by atoms with van der Waals surface area (Å²) in [4.78, 5) is 21.2. The Morgan fingerprint density at radius 2 is 1.77 bits per heavy atom. The summed E-state index contributed by atoms with van der Waals surface area (Å²) in [6.07, 6.45) is 0.767. The van der Waals surface area contributed by atoms with Gasteiger partial charge in [0.25, 0.3) is 0 Å². The van der Waals surface area contributed by atoms with E-state index in [1.807, 2.05) is 13.8 Å². The predicted molar refractivity (Wildman–Crippen MR) is 45.3 cm³/mol. The van der Waals surface area contributed by atoms with E-state index in [2.05, 4.69) is 0 Å². The van der Waals surface area contributed by atoms with Gasteiger partial charge in [0.2, 0.25) is 0 Å². The Hall–Kier alpha value is -1.06. The van der Waals surface area contributed by atoms with Crippen LogP contribution in [-0.4, -0.2) is 22.2 Å². The van der Waals surface area contributed by atoms with Crippen LogP contribution in [-0.2, 0) is 9.59 Å². The molecule has 1 unspecified atom stereocenters. The monoisotopic (exact) mass is 186 g/mol. The van der Waals surface area contributed by atoms with E-state index in [1.54, 1.807) is 0 Å². The van der Waals surface area contributed by atoms with Crippen molar-refractivity contribution in [1.82, 2.24) is 0 Å². The molecule has 13 heavy (non-hydrogen) atoms. The number of rotatable bonds is 4. The van der Waals surface area contributed by atoms with Crippen molar-refractivity contribution < 1.29 is 19.8 Å². The van der Waals surface area contributed by atoms with Crippen LogP contribution in [0.15, 0.2) is 0 Å². The van der Waals surface area contributed by atoms with Crippen molar-refractivity contribution in [2.75, 3.05) is 0 Å². The largest absolute Gasteiger partial charge is 0.481 e. The fraction of sp³-hybridized carbons (Fsp3) is 0.778. The molecular weight excluding hydrogens is 172 g/mol. The van der Waals surface area contributed by atoms with Crippen LogP contribution in [0.5, 0.6) is 0 Å². The normalized spacial score (nSPS) is 29.7. The second kappa shape index (κ2) is 2.72. The minimum atomic E-state index is -0.927. The lowest BCUT2D eigenvalue weighted by Gasteiger charge is -2.13. The molecule has 0 bridgehead atoms. The van der Waals surface area contributed by atoms with Crippen LogP contribution in [0.4, 0.5) is 0 Å². The molecule has 1 aliphatic rings. The third kappa shape index (κ3) is 1.53. The van der Waals surface area contributed by atoms with Gasteiger partial charge in [0, 0.05) is 6.42 Å². The van der Waals surface area contributed by atoms with Gasteiger partial charge in [0.1, 0.15) is 0 Å². The summed E-state index contributed by atoms with van der Waals surface area (Å²) in [6, 6.07) is 0. The average Bonchev–Trinajstić information content (AvgIpc) is 2.51. The van der Waals surface area contributed by atoms with Crippen LogP contribution in [0.2, 0.25) is 0 Å². The van der Waals surface area contributed by atoms with Gasteiger partial charge in [-0.2, -0.15) is 0 Å². The Labute approximate surface area is 76.6 Å². The van der Waals surface area contributed by atoms with Gasteiger partial charge in [-0.3, -0.25) is 9.59 Å². The molecule has 4 heteroatoms.